The molecule has 0 aliphatic carbocycles. The zero-order valence-corrected chi connectivity index (χ0v) is 16.4. The minimum Gasteiger partial charge on any atom is -0.473 e. The van der Waals surface area contributed by atoms with Crippen LogP contribution in [0.5, 0.6) is 0 Å². The molecule has 8 heteroatoms. The number of carboxylic acid groups (broad SMARTS) is 2. The van der Waals surface area contributed by atoms with Crippen LogP contribution >= 0.6 is 15.9 Å². The predicted octanol–water partition coefficient (Wildman–Crippen LogP) is 2.32. The molecule has 1 aromatic heterocycles. The number of rotatable bonds is 4. The number of halogens is 1. The summed E-state index contributed by atoms with van der Waals surface area (Å²) in [4.78, 5) is 27.4. The number of nitrogens with zero attached hydrogens (tertiary/aromatic N) is 3. The standard InChI is InChI=1S/C17H20BrN3.C2H2O4/c18-17-5-1-3-15(11-17)13-20-7-9-21(10-8-20)14-16-4-2-6-19-12-16;3-1(4)2(5)6/h1-6,11-12H,7-10,13-14H2;(H,3,4)(H,5,6). The van der Waals surface area contributed by atoms with E-state index in [0.29, 0.717) is 0 Å². The molecule has 144 valence electrons. The van der Waals surface area contributed by atoms with Gasteiger partial charge in [0.25, 0.3) is 0 Å². The van der Waals surface area contributed by atoms with E-state index in [-0.39, 0.29) is 0 Å². The number of aliphatic carboxylic acids is 2. The first-order valence-corrected chi connectivity index (χ1v) is 9.27. The Morgan fingerprint density at radius 1 is 0.926 bits per heavy atom. The minimum absolute atomic E-state index is 1.01. The molecule has 1 fully saturated rings. The molecule has 0 bridgehead atoms. The van der Waals surface area contributed by atoms with Crippen LogP contribution in [-0.4, -0.2) is 63.1 Å². The summed E-state index contributed by atoms with van der Waals surface area (Å²) in [7, 11) is 0. The third-order valence-electron chi connectivity index (χ3n) is 4.07. The van der Waals surface area contributed by atoms with Crippen molar-refractivity contribution >= 4 is 27.9 Å². The Kier molecular flexibility index (Phi) is 8.38. The molecule has 27 heavy (non-hydrogen) atoms. The van der Waals surface area contributed by atoms with Crippen molar-refractivity contribution in [3.8, 4) is 0 Å². The van der Waals surface area contributed by atoms with Crippen LogP contribution in [0.4, 0.5) is 0 Å². The fraction of sp³-hybridized carbons (Fsp3) is 0.316. The summed E-state index contributed by atoms with van der Waals surface area (Å²) in [5.74, 6) is -3.65. The molecule has 2 heterocycles. The van der Waals surface area contributed by atoms with Gasteiger partial charge in [-0.1, -0.05) is 34.1 Å². The van der Waals surface area contributed by atoms with E-state index in [1.807, 2.05) is 18.5 Å². The zero-order valence-electron chi connectivity index (χ0n) is 14.8. The fourth-order valence-electron chi connectivity index (χ4n) is 2.75. The molecule has 7 nitrogen and oxygen atoms in total. The van der Waals surface area contributed by atoms with Gasteiger partial charge in [0, 0.05) is 56.1 Å². The van der Waals surface area contributed by atoms with Gasteiger partial charge >= 0.3 is 11.9 Å². The Hall–Kier alpha value is -2.29. The van der Waals surface area contributed by atoms with Gasteiger partial charge in [0.05, 0.1) is 0 Å². The van der Waals surface area contributed by atoms with E-state index >= 15 is 0 Å². The average Bonchev–Trinajstić information content (AvgIpc) is 2.65. The molecule has 1 saturated heterocycles. The topological polar surface area (TPSA) is 94.0 Å². The Morgan fingerprint density at radius 3 is 1.96 bits per heavy atom. The fourth-order valence-corrected chi connectivity index (χ4v) is 3.20. The summed E-state index contributed by atoms with van der Waals surface area (Å²) in [5, 5.41) is 14.8. The number of aromatic nitrogens is 1. The van der Waals surface area contributed by atoms with Gasteiger partial charge in [-0.05, 0) is 29.3 Å². The lowest BCUT2D eigenvalue weighted by Crippen LogP contribution is -2.45. The molecule has 0 saturated carbocycles. The molecule has 3 rings (SSSR count). The van der Waals surface area contributed by atoms with Gasteiger partial charge < -0.3 is 10.2 Å². The average molecular weight is 436 g/mol. The quantitative estimate of drug-likeness (QED) is 0.711. The van der Waals surface area contributed by atoms with Crippen molar-refractivity contribution in [2.45, 2.75) is 13.1 Å². The van der Waals surface area contributed by atoms with Crippen LogP contribution < -0.4 is 0 Å². The maximum Gasteiger partial charge on any atom is 0.414 e. The summed E-state index contributed by atoms with van der Waals surface area (Å²) in [6.07, 6.45) is 3.80. The number of pyridine rings is 1. The molecular formula is C19H22BrN3O4. The number of carbonyl (C=O) groups is 2. The van der Waals surface area contributed by atoms with Gasteiger partial charge in [0.1, 0.15) is 0 Å². The summed E-state index contributed by atoms with van der Waals surface area (Å²) >= 11 is 3.54. The van der Waals surface area contributed by atoms with Gasteiger partial charge in [-0.2, -0.15) is 0 Å². The van der Waals surface area contributed by atoms with Gasteiger partial charge in [-0.3, -0.25) is 14.8 Å². The van der Waals surface area contributed by atoms with Crippen LogP contribution in [0.1, 0.15) is 11.1 Å². The monoisotopic (exact) mass is 435 g/mol. The van der Waals surface area contributed by atoms with Gasteiger partial charge in [-0.25, -0.2) is 9.59 Å². The first-order chi connectivity index (χ1) is 12.9. The first kappa shape index (κ1) is 21.0. The lowest BCUT2D eigenvalue weighted by atomic mass is 10.2. The smallest absolute Gasteiger partial charge is 0.414 e. The number of hydrogen-bond acceptors (Lipinski definition) is 5. The molecule has 0 spiro atoms. The van der Waals surface area contributed by atoms with E-state index in [9.17, 15) is 0 Å². The van der Waals surface area contributed by atoms with Crippen molar-refractivity contribution < 1.29 is 19.8 Å². The summed E-state index contributed by atoms with van der Waals surface area (Å²) in [6.45, 7) is 6.57. The van der Waals surface area contributed by atoms with E-state index in [0.717, 1.165) is 43.7 Å². The van der Waals surface area contributed by atoms with Crippen LogP contribution in [0, 0.1) is 0 Å². The van der Waals surface area contributed by atoms with E-state index in [1.54, 1.807) is 0 Å². The Labute approximate surface area is 166 Å². The highest BCUT2D eigenvalue weighted by Crippen LogP contribution is 2.15. The second-order valence-corrected chi connectivity index (χ2v) is 7.07. The number of benzene rings is 1. The highest BCUT2D eigenvalue weighted by molar-refractivity contribution is 9.10. The number of carboxylic acids is 2. The Balaban J connectivity index is 0.000000380. The van der Waals surface area contributed by atoms with Crippen LogP contribution in [0.25, 0.3) is 0 Å². The first-order valence-electron chi connectivity index (χ1n) is 8.48. The minimum atomic E-state index is -1.82. The molecule has 2 aromatic rings. The summed E-state index contributed by atoms with van der Waals surface area (Å²) in [6, 6.07) is 12.8. The normalized spacial score (nSPS) is 14.9. The van der Waals surface area contributed by atoms with Crippen molar-refractivity contribution in [1.82, 2.24) is 14.8 Å². The number of hydrogen-bond donors (Lipinski definition) is 2. The third-order valence-corrected chi connectivity index (χ3v) is 4.57. The number of piperazine rings is 1. The Bertz CT molecular complexity index is 738. The lowest BCUT2D eigenvalue weighted by molar-refractivity contribution is -0.159. The van der Waals surface area contributed by atoms with E-state index in [4.69, 9.17) is 19.8 Å². The predicted molar refractivity (Wildman–Crippen MR) is 104 cm³/mol. The zero-order chi connectivity index (χ0) is 19.6. The molecular weight excluding hydrogens is 414 g/mol. The molecule has 1 aliphatic rings. The molecule has 0 amide bonds. The van der Waals surface area contributed by atoms with Crippen molar-refractivity contribution in [1.29, 1.82) is 0 Å². The van der Waals surface area contributed by atoms with Crippen molar-refractivity contribution in [2.75, 3.05) is 26.2 Å². The van der Waals surface area contributed by atoms with Crippen LogP contribution in [0.15, 0.2) is 53.3 Å². The SMILES string of the molecule is Brc1cccc(CN2CCN(Cc3cccnc3)CC2)c1.O=C(O)C(=O)O. The van der Waals surface area contributed by atoms with Gasteiger partial charge in [0.2, 0.25) is 0 Å². The second-order valence-electron chi connectivity index (χ2n) is 6.15. The van der Waals surface area contributed by atoms with Crippen LogP contribution in [0.3, 0.4) is 0 Å². The second kappa shape index (κ2) is 10.8. The van der Waals surface area contributed by atoms with Gasteiger partial charge in [0.15, 0.2) is 0 Å². The molecule has 1 aromatic carbocycles. The summed E-state index contributed by atoms with van der Waals surface area (Å²) in [5.41, 5.74) is 2.68. The highest BCUT2D eigenvalue weighted by Gasteiger charge is 2.17. The van der Waals surface area contributed by atoms with Gasteiger partial charge in [-0.15, -0.1) is 0 Å². The van der Waals surface area contributed by atoms with Crippen molar-refractivity contribution in [2.24, 2.45) is 0 Å². The lowest BCUT2D eigenvalue weighted by Gasteiger charge is -2.34. The van der Waals surface area contributed by atoms with E-state index in [2.05, 4.69) is 61.0 Å². The van der Waals surface area contributed by atoms with Crippen molar-refractivity contribution in [3.05, 3.63) is 64.4 Å². The van der Waals surface area contributed by atoms with Crippen LogP contribution in [-0.2, 0) is 22.7 Å². The van der Waals surface area contributed by atoms with Crippen molar-refractivity contribution in [3.63, 3.8) is 0 Å². The highest BCUT2D eigenvalue weighted by atomic mass is 79.9. The maximum absolute atomic E-state index is 9.10. The third kappa shape index (κ3) is 7.86. The molecule has 2 N–H and O–H groups in total. The largest absolute Gasteiger partial charge is 0.473 e. The molecule has 0 radical (unpaired) electrons. The molecule has 0 unspecified atom stereocenters. The maximum atomic E-state index is 9.10. The Morgan fingerprint density at radius 2 is 1.48 bits per heavy atom. The van der Waals surface area contributed by atoms with Crippen LogP contribution in [0.2, 0.25) is 0 Å². The molecule has 0 atom stereocenters. The van der Waals surface area contributed by atoms with E-state index < -0.39 is 11.9 Å². The molecule has 1 aliphatic heterocycles. The van der Waals surface area contributed by atoms with E-state index in [1.165, 1.54) is 11.1 Å². The summed E-state index contributed by atoms with van der Waals surface area (Å²) < 4.78 is 1.16.